The number of nitrogens with one attached hydrogen (secondary N) is 2. The Morgan fingerprint density at radius 1 is 1.59 bits per heavy atom. The van der Waals surface area contributed by atoms with Gasteiger partial charge in [0.15, 0.2) is 0 Å². The zero-order chi connectivity index (χ0) is 12.9. The molecular formula is C12H20N2O3. The van der Waals surface area contributed by atoms with Gasteiger partial charge in [-0.25, -0.2) is 0 Å². The fourth-order valence-electron chi connectivity index (χ4n) is 1.52. The molecule has 0 spiro atoms. The Bertz CT molecular complexity index is 347. The second-order valence-electron chi connectivity index (χ2n) is 4.63. The van der Waals surface area contributed by atoms with Crippen LogP contribution in [0, 0.1) is 5.41 Å². The second-order valence-corrected chi connectivity index (χ2v) is 4.63. The fourth-order valence-corrected chi connectivity index (χ4v) is 1.52. The number of carbonyl (C=O) groups is 1. The smallest absolute Gasteiger partial charge is 0.226 e. The van der Waals surface area contributed by atoms with E-state index in [1.807, 2.05) is 13.8 Å². The molecule has 1 heterocycles. The number of hydrogen-bond acceptors (Lipinski definition) is 4. The minimum Gasteiger partial charge on any atom is -0.467 e. The second kappa shape index (κ2) is 5.84. The quantitative estimate of drug-likeness (QED) is 0.683. The van der Waals surface area contributed by atoms with Crippen molar-refractivity contribution in [3.8, 4) is 0 Å². The first-order valence-electron chi connectivity index (χ1n) is 5.62. The molecule has 0 aliphatic carbocycles. The van der Waals surface area contributed by atoms with Gasteiger partial charge >= 0.3 is 0 Å². The lowest BCUT2D eigenvalue weighted by Gasteiger charge is -2.23. The predicted molar refractivity (Wildman–Crippen MR) is 64.4 cm³/mol. The standard InChI is InChI=1S/C12H20N2O3/c1-12(2,11(16)13-3)8-14-7-9(15)10-5-4-6-17-10/h4-6,9,14-15H,7-8H2,1-3H3,(H,13,16). The number of rotatable bonds is 6. The van der Waals surface area contributed by atoms with Crippen molar-refractivity contribution in [3.63, 3.8) is 0 Å². The van der Waals surface area contributed by atoms with E-state index in [1.165, 1.54) is 6.26 Å². The van der Waals surface area contributed by atoms with Crippen LogP contribution in [0.3, 0.4) is 0 Å². The lowest BCUT2D eigenvalue weighted by atomic mass is 9.92. The minimum atomic E-state index is -0.689. The SMILES string of the molecule is CNC(=O)C(C)(C)CNCC(O)c1ccco1. The van der Waals surface area contributed by atoms with Crippen LogP contribution in [0.1, 0.15) is 25.7 Å². The van der Waals surface area contributed by atoms with E-state index < -0.39 is 11.5 Å². The summed E-state index contributed by atoms with van der Waals surface area (Å²) in [7, 11) is 1.61. The molecule has 1 unspecified atom stereocenters. The van der Waals surface area contributed by atoms with Crippen LogP contribution in [-0.4, -0.2) is 31.2 Å². The lowest BCUT2D eigenvalue weighted by molar-refractivity contribution is -0.128. The highest BCUT2D eigenvalue weighted by Crippen LogP contribution is 2.15. The highest BCUT2D eigenvalue weighted by Gasteiger charge is 2.26. The zero-order valence-electron chi connectivity index (χ0n) is 10.5. The Kier molecular flexibility index (Phi) is 4.72. The van der Waals surface area contributed by atoms with Gasteiger partial charge in [0.2, 0.25) is 5.91 Å². The highest BCUT2D eigenvalue weighted by atomic mass is 16.4. The van der Waals surface area contributed by atoms with Gasteiger partial charge in [0.25, 0.3) is 0 Å². The average Bonchev–Trinajstić information content (AvgIpc) is 2.80. The third-order valence-corrected chi connectivity index (χ3v) is 2.62. The van der Waals surface area contributed by atoms with Crippen molar-refractivity contribution >= 4 is 5.91 Å². The molecule has 0 aromatic carbocycles. The van der Waals surface area contributed by atoms with Crippen molar-refractivity contribution in [2.45, 2.75) is 20.0 Å². The summed E-state index contributed by atoms with van der Waals surface area (Å²) in [6, 6.07) is 3.45. The first kappa shape index (κ1) is 13.7. The Hall–Kier alpha value is -1.33. The maximum absolute atomic E-state index is 11.5. The number of aliphatic hydroxyl groups is 1. The number of amides is 1. The maximum Gasteiger partial charge on any atom is 0.226 e. The van der Waals surface area contributed by atoms with Gasteiger partial charge in [-0.15, -0.1) is 0 Å². The molecule has 5 heteroatoms. The molecular weight excluding hydrogens is 220 g/mol. The van der Waals surface area contributed by atoms with Gasteiger partial charge in [-0.05, 0) is 26.0 Å². The van der Waals surface area contributed by atoms with Crippen LogP contribution in [0.2, 0.25) is 0 Å². The number of furan rings is 1. The van der Waals surface area contributed by atoms with Crippen LogP contribution >= 0.6 is 0 Å². The predicted octanol–water partition coefficient (Wildman–Crippen LogP) is 0.675. The van der Waals surface area contributed by atoms with Crippen molar-refractivity contribution in [2.75, 3.05) is 20.1 Å². The molecule has 1 atom stereocenters. The van der Waals surface area contributed by atoms with E-state index in [0.717, 1.165) is 0 Å². The van der Waals surface area contributed by atoms with E-state index in [1.54, 1.807) is 19.2 Å². The summed E-state index contributed by atoms with van der Waals surface area (Å²) >= 11 is 0. The van der Waals surface area contributed by atoms with Crippen LogP contribution in [-0.2, 0) is 4.79 Å². The summed E-state index contributed by atoms with van der Waals surface area (Å²) in [4.78, 5) is 11.5. The van der Waals surface area contributed by atoms with Crippen molar-refractivity contribution in [1.82, 2.24) is 10.6 Å². The molecule has 1 aromatic heterocycles. The van der Waals surface area contributed by atoms with E-state index in [0.29, 0.717) is 18.8 Å². The Morgan fingerprint density at radius 3 is 2.82 bits per heavy atom. The normalized spacial score (nSPS) is 13.4. The fraction of sp³-hybridized carbons (Fsp3) is 0.583. The molecule has 1 rings (SSSR count). The molecule has 1 amide bonds. The molecule has 1 aromatic rings. The largest absolute Gasteiger partial charge is 0.467 e. The molecule has 5 nitrogen and oxygen atoms in total. The molecule has 0 saturated carbocycles. The monoisotopic (exact) mass is 240 g/mol. The van der Waals surface area contributed by atoms with E-state index in [4.69, 9.17) is 4.42 Å². The van der Waals surface area contributed by atoms with Gasteiger partial charge in [-0.2, -0.15) is 0 Å². The molecule has 0 bridgehead atoms. The van der Waals surface area contributed by atoms with Crippen LogP contribution in [0.15, 0.2) is 22.8 Å². The van der Waals surface area contributed by atoms with Gasteiger partial charge in [0, 0.05) is 20.1 Å². The number of carbonyl (C=O) groups excluding carboxylic acids is 1. The third kappa shape index (κ3) is 3.87. The summed E-state index contributed by atoms with van der Waals surface area (Å²) in [5.74, 6) is 0.493. The molecule has 0 saturated heterocycles. The molecule has 0 radical (unpaired) electrons. The molecule has 0 aliphatic rings. The van der Waals surface area contributed by atoms with Crippen LogP contribution < -0.4 is 10.6 Å². The zero-order valence-corrected chi connectivity index (χ0v) is 10.5. The van der Waals surface area contributed by atoms with Crippen LogP contribution in [0.25, 0.3) is 0 Å². The van der Waals surface area contributed by atoms with Gasteiger partial charge in [0.05, 0.1) is 11.7 Å². The first-order chi connectivity index (χ1) is 7.97. The number of aliphatic hydroxyl groups excluding tert-OH is 1. The van der Waals surface area contributed by atoms with Crippen molar-refractivity contribution in [3.05, 3.63) is 24.2 Å². The van der Waals surface area contributed by atoms with Crippen molar-refractivity contribution in [2.24, 2.45) is 5.41 Å². The first-order valence-corrected chi connectivity index (χ1v) is 5.62. The molecule has 0 aliphatic heterocycles. The van der Waals surface area contributed by atoms with Gasteiger partial charge in [-0.1, -0.05) is 0 Å². The Labute approximate surface area is 101 Å². The average molecular weight is 240 g/mol. The van der Waals surface area contributed by atoms with Crippen molar-refractivity contribution in [1.29, 1.82) is 0 Å². The summed E-state index contributed by atoms with van der Waals surface area (Å²) in [5.41, 5.74) is -0.502. The number of hydrogen-bond donors (Lipinski definition) is 3. The molecule has 3 N–H and O–H groups in total. The summed E-state index contributed by atoms with van der Waals surface area (Å²) in [6.45, 7) is 4.54. The van der Waals surface area contributed by atoms with Gasteiger partial charge in [-0.3, -0.25) is 4.79 Å². The lowest BCUT2D eigenvalue weighted by Crippen LogP contribution is -2.42. The summed E-state index contributed by atoms with van der Waals surface area (Å²) in [6.07, 6.45) is 0.831. The Morgan fingerprint density at radius 2 is 2.29 bits per heavy atom. The van der Waals surface area contributed by atoms with Crippen LogP contribution in [0.5, 0.6) is 0 Å². The van der Waals surface area contributed by atoms with Gasteiger partial charge in [0.1, 0.15) is 11.9 Å². The van der Waals surface area contributed by atoms with Crippen molar-refractivity contribution < 1.29 is 14.3 Å². The van der Waals surface area contributed by atoms with E-state index >= 15 is 0 Å². The topological polar surface area (TPSA) is 74.5 Å². The molecule has 17 heavy (non-hydrogen) atoms. The summed E-state index contributed by atoms with van der Waals surface area (Å²) < 4.78 is 5.08. The van der Waals surface area contributed by atoms with Crippen LogP contribution in [0.4, 0.5) is 0 Å². The minimum absolute atomic E-state index is 0.0301. The van der Waals surface area contributed by atoms with E-state index in [2.05, 4.69) is 10.6 Å². The third-order valence-electron chi connectivity index (χ3n) is 2.62. The van der Waals surface area contributed by atoms with Gasteiger partial charge < -0.3 is 20.2 Å². The molecule has 96 valence electrons. The molecule has 0 fully saturated rings. The maximum atomic E-state index is 11.5. The van der Waals surface area contributed by atoms with E-state index in [-0.39, 0.29) is 5.91 Å². The highest BCUT2D eigenvalue weighted by molar-refractivity contribution is 5.81. The van der Waals surface area contributed by atoms with E-state index in [9.17, 15) is 9.90 Å². The Balaban J connectivity index is 2.35. The summed E-state index contributed by atoms with van der Waals surface area (Å²) in [5, 5.41) is 15.4.